The molecule has 0 aliphatic heterocycles. The average Bonchev–Trinajstić information content (AvgIpc) is 2.05. The van der Waals surface area contributed by atoms with E-state index in [0.29, 0.717) is 6.42 Å². The third kappa shape index (κ3) is 3.21. The van der Waals surface area contributed by atoms with Crippen LogP contribution in [0.15, 0.2) is 0 Å². The monoisotopic (exact) mass is 206 g/mol. The van der Waals surface area contributed by atoms with Gasteiger partial charge in [0, 0.05) is 12.3 Å². The SMILES string of the molecule is CC.CC(C)C1C(C)CCCC1(F)F. The van der Waals surface area contributed by atoms with Crippen molar-refractivity contribution in [3.05, 3.63) is 0 Å². The molecule has 2 heteroatoms. The number of alkyl halides is 2. The Morgan fingerprint density at radius 2 is 1.71 bits per heavy atom. The second kappa shape index (κ2) is 5.67. The fraction of sp³-hybridized carbons (Fsp3) is 1.00. The summed E-state index contributed by atoms with van der Waals surface area (Å²) in [5, 5.41) is 0. The molecule has 0 heterocycles. The van der Waals surface area contributed by atoms with E-state index >= 15 is 0 Å². The minimum absolute atomic E-state index is 0.0974. The summed E-state index contributed by atoms with van der Waals surface area (Å²) in [6, 6.07) is 0. The van der Waals surface area contributed by atoms with Crippen LogP contribution in [0, 0.1) is 17.8 Å². The van der Waals surface area contributed by atoms with Gasteiger partial charge in [0.15, 0.2) is 0 Å². The van der Waals surface area contributed by atoms with E-state index in [1.807, 2.05) is 34.6 Å². The van der Waals surface area contributed by atoms with Crippen LogP contribution in [0.25, 0.3) is 0 Å². The number of hydrogen-bond donors (Lipinski definition) is 0. The Morgan fingerprint density at radius 3 is 2.00 bits per heavy atom. The van der Waals surface area contributed by atoms with Crippen LogP contribution in [-0.4, -0.2) is 5.92 Å². The lowest BCUT2D eigenvalue weighted by molar-refractivity contribution is -0.122. The zero-order valence-electron chi connectivity index (χ0n) is 10.1. The molecule has 0 N–H and O–H groups in total. The summed E-state index contributed by atoms with van der Waals surface area (Å²) in [4.78, 5) is 0. The highest BCUT2D eigenvalue weighted by molar-refractivity contribution is 4.87. The first kappa shape index (κ1) is 13.9. The highest BCUT2D eigenvalue weighted by Gasteiger charge is 2.46. The fourth-order valence-electron chi connectivity index (χ4n) is 2.57. The summed E-state index contributed by atoms with van der Waals surface area (Å²) in [5.41, 5.74) is 0. The molecule has 0 aromatic heterocycles. The fourth-order valence-corrected chi connectivity index (χ4v) is 2.57. The quantitative estimate of drug-likeness (QED) is 0.581. The average molecular weight is 206 g/mol. The largest absolute Gasteiger partial charge is 0.251 e. The Labute approximate surface area is 87.1 Å². The van der Waals surface area contributed by atoms with Gasteiger partial charge in [0.05, 0.1) is 0 Å². The van der Waals surface area contributed by atoms with Crippen LogP contribution in [0.3, 0.4) is 0 Å². The summed E-state index contributed by atoms with van der Waals surface area (Å²) >= 11 is 0. The zero-order chi connectivity index (χ0) is 11.4. The molecular formula is C12H24F2. The topological polar surface area (TPSA) is 0 Å². The maximum Gasteiger partial charge on any atom is 0.251 e. The summed E-state index contributed by atoms with van der Waals surface area (Å²) in [5.74, 6) is -2.51. The molecule has 1 rings (SSSR count). The van der Waals surface area contributed by atoms with E-state index in [2.05, 4.69) is 0 Å². The van der Waals surface area contributed by atoms with Gasteiger partial charge in [-0.05, 0) is 18.3 Å². The Kier molecular flexibility index (Phi) is 5.61. The molecule has 1 aliphatic carbocycles. The van der Waals surface area contributed by atoms with E-state index < -0.39 is 11.8 Å². The van der Waals surface area contributed by atoms with Gasteiger partial charge in [-0.3, -0.25) is 0 Å². The van der Waals surface area contributed by atoms with E-state index in [-0.39, 0.29) is 18.3 Å². The highest BCUT2D eigenvalue weighted by atomic mass is 19.3. The van der Waals surface area contributed by atoms with Crippen LogP contribution in [0.5, 0.6) is 0 Å². The van der Waals surface area contributed by atoms with Crippen molar-refractivity contribution in [1.82, 2.24) is 0 Å². The maximum atomic E-state index is 13.4. The predicted molar refractivity (Wildman–Crippen MR) is 57.6 cm³/mol. The minimum atomic E-state index is -2.41. The molecular weight excluding hydrogens is 182 g/mol. The maximum absolute atomic E-state index is 13.4. The Balaban J connectivity index is 0.000000791. The molecule has 0 amide bonds. The van der Waals surface area contributed by atoms with Gasteiger partial charge >= 0.3 is 0 Å². The Morgan fingerprint density at radius 1 is 1.21 bits per heavy atom. The lowest BCUT2D eigenvalue weighted by Crippen LogP contribution is -2.40. The van der Waals surface area contributed by atoms with Crippen molar-refractivity contribution in [2.75, 3.05) is 0 Å². The van der Waals surface area contributed by atoms with E-state index in [0.717, 1.165) is 6.42 Å². The summed E-state index contributed by atoms with van der Waals surface area (Å²) in [6.07, 6.45) is 1.76. The van der Waals surface area contributed by atoms with Crippen molar-refractivity contribution < 1.29 is 8.78 Å². The highest BCUT2D eigenvalue weighted by Crippen LogP contribution is 2.45. The van der Waals surface area contributed by atoms with Gasteiger partial charge < -0.3 is 0 Å². The molecule has 0 aromatic rings. The van der Waals surface area contributed by atoms with Gasteiger partial charge in [-0.15, -0.1) is 0 Å². The van der Waals surface area contributed by atoms with E-state index in [9.17, 15) is 8.78 Å². The first-order valence-corrected chi connectivity index (χ1v) is 5.83. The van der Waals surface area contributed by atoms with E-state index in [1.165, 1.54) is 0 Å². The third-order valence-corrected chi connectivity index (χ3v) is 2.99. The Hall–Kier alpha value is -0.140. The van der Waals surface area contributed by atoms with Gasteiger partial charge in [-0.25, -0.2) is 8.78 Å². The second-order valence-electron chi connectivity index (χ2n) is 4.40. The first-order valence-electron chi connectivity index (χ1n) is 5.83. The van der Waals surface area contributed by atoms with Crippen LogP contribution in [0.2, 0.25) is 0 Å². The van der Waals surface area contributed by atoms with Gasteiger partial charge in [-0.2, -0.15) is 0 Å². The molecule has 2 unspecified atom stereocenters. The van der Waals surface area contributed by atoms with Crippen molar-refractivity contribution in [3.63, 3.8) is 0 Å². The summed E-state index contributed by atoms with van der Waals surface area (Å²) < 4.78 is 26.7. The van der Waals surface area contributed by atoms with Crippen molar-refractivity contribution >= 4 is 0 Å². The smallest absolute Gasteiger partial charge is 0.207 e. The van der Waals surface area contributed by atoms with Crippen LogP contribution < -0.4 is 0 Å². The predicted octanol–water partition coefficient (Wildman–Crippen LogP) is 4.74. The molecule has 1 fully saturated rings. The van der Waals surface area contributed by atoms with E-state index in [4.69, 9.17) is 0 Å². The van der Waals surface area contributed by atoms with Gasteiger partial charge in [-0.1, -0.05) is 41.0 Å². The molecule has 86 valence electrons. The molecule has 1 saturated carbocycles. The van der Waals surface area contributed by atoms with Gasteiger partial charge in [0.1, 0.15) is 0 Å². The standard InChI is InChI=1S/C10H18F2.C2H6/c1-7(2)9-8(3)5-4-6-10(9,11)12;1-2/h7-9H,4-6H2,1-3H3;1-2H3. The zero-order valence-corrected chi connectivity index (χ0v) is 10.1. The van der Waals surface area contributed by atoms with Crippen LogP contribution in [0.1, 0.15) is 53.9 Å². The minimum Gasteiger partial charge on any atom is -0.207 e. The van der Waals surface area contributed by atoms with Crippen molar-refractivity contribution in [2.24, 2.45) is 17.8 Å². The molecule has 1 aliphatic rings. The lowest BCUT2D eigenvalue weighted by atomic mass is 9.72. The molecule has 0 nitrogen and oxygen atoms in total. The van der Waals surface area contributed by atoms with Crippen LogP contribution >= 0.6 is 0 Å². The lowest BCUT2D eigenvalue weighted by Gasteiger charge is -2.38. The summed E-state index contributed by atoms with van der Waals surface area (Å²) in [7, 11) is 0. The molecule has 0 spiro atoms. The second-order valence-corrected chi connectivity index (χ2v) is 4.40. The molecule has 14 heavy (non-hydrogen) atoms. The molecule has 0 saturated heterocycles. The first-order chi connectivity index (χ1) is 6.45. The van der Waals surface area contributed by atoms with Crippen LogP contribution in [-0.2, 0) is 0 Å². The number of rotatable bonds is 1. The summed E-state index contributed by atoms with van der Waals surface area (Å²) in [6.45, 7) is 9.76. The normalized spacial score (nSPS) is 30.9. The Bertz CT molecular complexity index is 152. The molecule has 0 bridgehead atoms. The molecule has 0 aromatic carbocycles. The van der Waals surface area contributed by atoms with Crippen molar-refractivity contribution in [2.45, 2.75) is 59.8 Å². The van der Waals surface area contributed by atoms with Gasteiger partial charge in [0.2, 0.25) is 0 Å². The van der Waals surface area contributed by atoms with Crippen molar-refractivity contribution in [1.29, 1.82) is 0 Å². The number of hydrogen-bond acceptors (Lipinski definition) is 0. The molecule has 2 atom stereocenters. The van der Waals surface area contributed by atoms with E-state index in [1.54, 1.807) is 0 Å². The van der Waals surface area contributed by atoms with Gasteiger partial charge in [0.25, 0.3) is 5.92 Å². The number of halogens is 2. The molecule has 0 radical (unpaired) electrons. The van der Waals surface area contributed by atoms with Crippen molar-refractivity contribution in [3.8, 4) is 0 Å². The third-order valence-electron chi connectivity index (χ3n) is 2.99. The van der Waals surface area contributed by atoms with Crippen LogP contribution in [0.4, 0.5) is 8.78 Å².